The molecule has 1 aromatic rings. The number of fused-ring (bicyclic) bond motifs is 1. The maximum absolute atomic E-state index is 12.7. The van der Waals surface area contributed by atoms with Crippen LogP contribution in [0, 0.1) is 11.8 Å². The maximum atomic E-state index is 12.7. The van der Waals surface area contributed by atoms with Crippen LogP contribution in [0.1, 0.15) is 10.4 Å². The number of hydrogen-bond acceptors (Lipinski definition) is 4. The normalized spacial score (nSPS) is 24.6. The molecule has 2 saturated heterocycles. The molecule has 2 aliphatic heterocycles. The smallest absolute Gasteiger partial charge is 0.257 e. The molecule has 0 bridgehead atoms. The molecule has 108 valence electrons. The Morgan fingerprint density at radius 3 is 2.50 bits per heavy atom. The third kappa shape index (κ3) is 2.12. The Kier molecular flexibility index (Phi) is 3.53. The van der Waals surface area contributed by atoms with Crippen LogP contribution in [0.15, 0.2) is 18.2 Å². The second-order valence-corrected chi connectivity index (χ2v) is 5.43. The van der Waals surface area contributed by atoms with E-state index in [2.05, 4.69) is 5.32 Å². The Morgan fingerprint density at radius 1 is 1.20 bits per heavy atom. The van der Waals surface area contributed by atoms with E-state index in [1.54, 1.807) is 26.4 Å². The Bertz CT molecular complexity index is 506. The molecule has 2 fully saturated rings. The van der Waals surface area contributed by atoms with Gasteiger partial charge in [-0.3, -0.25) is 4.79 Å². The third-order valence-electron chi connectivity index (χ3n) is 4.31. The van der Waals surface area contributed by atoms with Crippen molar-refractivity contribution in [2.75, 3.05) is 40.4 Å². The lowest BCUT2D eigenvalue weighted by molar-refractivity contribution is 0.0777. The standard InChI is InChI=1S/C15H20N2O3/c1-19-13-5-3-4-12(14(13)20-2)15(18)17-8-10-6-16-7-11(10)9-17/h3-5,10-11,16H,6-9H2,1-2H3. The van der Waals surface area contributed by atoms with E-state index < -0.39 is 0 Å². The highest BCUT2D eigenvalue weighted by Crippen LogP contribution is 2.34. The van der Waals surface area contributed by atoms with E-state index in [-0.39, 0.29) is 5.91 Å². The van der Waals surface area contributed by atoms with Gasteiger partial charge in [-0.1, -0.05) is 6.07 Å². The molecule has 1 amide bonds. The molecular weight excluding hydrogens is 256 g/mol. The fourth-order valence-electron chi connectivity index (χ4n) is 3.25. The summed E-state index contributed by atoms with van der Waals surface area (Å²) in [5.74, 6) is 2.34. The van der Waals surface area contributed by atoms with Gasteiger partial charge < -0.3 is 19.7 Å². The summed E-state index contributed by atoms with van der Waals surface area (Å²) in [6.07, 6.45) is 0. The van der Waals surface area contributed by atoms with E-state index in [1.807, 2.05) is 11.0 Å². The lowest BCUT2D eigenvalue weighted by Crippen LogP contribution is -2.32. The van der Waals surface area contributed by atoms with E-state index >= 15 is 0 Å². The molecule has 5 nitrogen and oxygen atoms in total. The second kappa shape index (κ2) is 5.32. The van der Waals surface area contributed by atoms with Crippen LogP contribution in [-0.2, 0) is 0 Å². The quantitative estimate of drug-likeness (QED) is 0.894. The molecule has 2 unspecified atom stereocenters. The number of ether oxygens (including phenoxy) is 2. The van der Waals surface area contributed by atoms with Gasteiger partial charge in [-0.25, -0.2) is 0 Å². The van der Waals surface area contributed by atoms with E-state index in [9.17, 15) is 4.79 Å². The number of benzene rings is 1. The lowest BCUT2D eigenvalue weighted by Gasteiger charge is -2.20. The third-order valence-corrected chi connectivity index (χ3v) is 4.31. The fraction of sp³-hybridized carbons (Fsp3) is 0.533. The first kappa shape index (κ1) is 13.2. The molecule has 1 N–H and O–H groups in total. The van der Waals surface area contributed by atoms with Gasteiger partial charge in [-0.2, -0.15) is 0 Å². The number of carbonyl (C=O) groups excluding carboxylic acids is 1. The number of hydrogen-bond donors (Lipinski definition) is 1. The lowest BCUT2D eigenvalue weighted by atomic mass is 10.0. The molecule has 0 aliphatic carbocycles. The van der Waals surface area contributed by atoms with Gasteiger partial charge in [0.15, 0.2) is 11.5 Å². The number of methoxy groups -OCH3 is 2. The van der Waals surface area contributed by atoms with E-state index in [4.69, 9.17) is 9.47 Å². The van der Waals surface area contributed by atoms with Gasteiger partial charge in [0.1, 0.15) is 0 Å². The minimum absolute atomic E-state index is 0.0372. The van der Waals surface area contributed by atoms with Gasteiger partial charge in [-0.05, 0) is 24.0 Å². The van der Waals surface area contributed by atoms with E-state index in [0.29, 0.717) is 28.9 Å². The molecule has 5 heteroatoms. The van der Waals surface area contributed by atoms with Crippen LogP contribution in [0.4, 0.5) is 0 Å². The second-order valence-electron chi connectivity index (χ2n) is 5.43. The predicted octanol–water partition coefficient (Wildman–Crippen LogP) is 0.995. The Balaban J connectivity index is 1.84. The minimum atomic E-state index is 0.0372. The molecule has 20 heavy (non-hydrogen) atoms. The summed E-state index contributed by atoms with van der Waals surface area (Å²) in [4.78, 5) is 14.6. The fourth-order valence-corrected chi connectivity index (χ4v) is 3.25. The highest BCUT2D eigenvalue weighted by Gasteiger charge is 2.38. The van der Waals surface area contributed by atoms with Crippen LogP contribution >= 0.6 is 0 Å². The molecule has 0 aromatic heterocycles. The van der Waals surface area contributed by atoms with Crippen LogP contribution < -0.4 is 14.8 Å². The number of carbonyl (C=O) groups is 1. The number of nitrogens with zero attached hydrogens (tertiary/aromatic N) is 1. The summed E-state index contributed by atoms with van der Waals surface area (Å²) in [6.45, 7) is 3.70. The van der Waals surface area contributed by atoms with Gasteiger partial charge >= 0.3 is 0 Å². The summed E-state index contributed by atoms with van der Waals surface area (Å²) in [5, 5.41) is 3.38. The Morgan fingerprint density at radius 2 is 1.90 bits per heavy atom. The van der Waals surface area contributed by atoms with Crippen molar-refractivity contribution in [3.8, 4) is 11.5 Å². The largest absolute Gasteiger partial charge is 0.493 e. The van der Waals surface area contributed by atoms with Crippen LogP contribution in [-0.4, -0.2) is 51.2 Å². The zero-order valence-electron chi connectivity index (χ0n) is 11.9. The molecular formula is C15H20N2O3. The summed E-state index contributed by atoms with van der Waals surface area (Å²) in [5.41, 5.74) is 0.583. The highest BCUT2D eigenvalue weighted by molar-refractivity contribution is 5.98. The van der Waals surface area contributed by atoms with Crippen molar-refractivity contribution in [3.63, 3.8) is 0 Å². The first-order chi connectivity index (χ1) is 9.74. The zero-order valence-corrected chi connectivity index (χ0v) is 11.9. The molecule has 2 aliphatic rings. The average Bonchev–Trinajstić information content (AvgIpc) is 3.06. The number of para-hydroxylation sites is 1. The van der Waals surface area contributed by atoms with Gasteiger partial charge in [-0.15, -0.1) is 0 Å². The van der Waals surface area contributed by atoms with Gasteiger partial charge in [0.2, 0.25) is 0 Å². The van der Waals surface area contributed by atoms with Crippen molar-refractivity contribution < 1.29 is 14.3 Å². The van der Waals surface area contributed by atoms with Gasteiger partial charge in [0, 0.05) is 26.2 Å². The molecule has 3 rings (SSSR count). The monoisotopic (exact) mass is 276 g/mol. The van der Waals surface area contributed by atoms with Crippen molar-refractivity contribution >= 4 is 5.91 Å². The van der Waals surface area contributed by atoms with Crippen LogP contribution in [0.3, 0.4) is 0 Å². The first-order valence-electron chi connectivity index (χ1n) is 6.95. The van der Waals surface area contributed by atoms with Crippen LogP contribution in [0.2, 0.25) is 0 Å². The summed E-state index contributed by atoms with van der Waals surface area (Å²) < 4.78 is 10.6. The van der Waals surface area contributed by atoms with Crippen molar-refractivity contribution in [1.82, 2.24) is 10.2 Å². The molecule has 0 spiro atoms. The number of likely N-dealkylation sites (tertiary alicyclic amines) is 1. The zero-order chi connectivity index (χ0) is 14.1. The van der Waals surface area contributed by atoms with Crippen molar-refractivity contribution in [2.24, 2.45) is 11.8 Å². The molecule has 2 atom stereocenters. The van der Waals surface area contributed by atoms with Crippen LogP contribution in [0.5, 0.6) is 11.5 Å². The number of rotatable bonds is 3. The average molecular weight is 276 g/mol. The molecule has 0 saturated carbocycles. The summed E-state index contributed by atoms with van der Waals surface area (Å²) in [7, 11) is 3.15. The van der Waals surface area contributed by atoms with E-state index in [0.717, 1.165) is 26.2 Å². The first-order valence-corrected chi connectivity index (χ1v) is 6.95. The summed E-state index contributed by atoms with van der Waals surface area (Å²) >= 11 is 0. The summed E-state index contributed by atoms with van der Waals surface area (Å²) in [6, 6.07) is 5.43. The number of nitrogens with one attached hydrogen (secondary N) is 1. The van der Waals surface area contributed by atoms with E-state index in [1.165, 1.54) is 0 Å². The highest BCUT2D eigenvalue weighted by atomic mass is 16.5. The number of amides is 1. The Labute approximate surface area is 118 Å². The van der Waals surface area contributed by atoms with Crippen molar-refractivity contribution in [3.05, 3.63) is 23.8 Å². The SMILES string of the molecule is COc1cccc(C(=O)N2CC3CNCC3C2)c1OC. The maximum Gasteiger partial charge on any atom is 0.257 e. The van der Waals surface area contributed by atoms with Gasteiger partial charge in [0.25, 0.3) is 5.91 Å². The Hall–Kier alpha value is -1.75. The van der Waals surface area contributed by atoms with Gasteiger partial charge in [0.05, 0.1) is 19.8 Å². The predicted molar refractivity (Wildman–Crippen MR) is 75.3 cm³/mol. The molecule has 2 heterocycles. The van der Waals surface area contributed by atoms with Crippen molar-refractivity contribution in [2.45, 2.75) is 0 Å². The minimum Gasteiger partial charge on any atom is -0.493 e. The van der Waals surface area contributed by atoms with Crippen LogP contribution in [0.25, 0.3) is 0 Å². The molecule has 0 radical (unpaired) electrons. The topological polar surface area (TPSA) is 50.8 Å². The molecule has 1 aromatic carbocycles. The van der Waals surface area contributed by atoms with Crippen molar-refractivity contribution in [1.29, 1.82) is 0 Å².